The first-order valence-electron chi connectivity index (χ1n) is 15.5. The van der Waals surface area contributed by atoms with Gasteiger partial charge < -0.3 is 26.8 Å². The molecule has 11 heteroatoms. The van der Waals surface area contributed by atoms with E-state index in [0.717, 1.165) is 29.9 Å². The zero-order valence-corrected chi connectivity index (χ0v) is 26.9. The van der Waals surface area contributed by atoms with Crippen LogP contribution in [0.2, 0.25) is 0 Å². The molecule has 2 aromatic carbocycles. The number of carbonyl (C=O) groups excluding carboxylic acids is 1. The van der Waals surface area contributed by atoms with Crippen molar-refractivity contribution in [1.29, 1.82) is 0 Å². The van der Waals surface area contributed by atoms with Crippen LogP contribution in [0.25, 0.3) is 10.9 Å². The van der Waals surface area contributed by atoms with Gasteiger partial charge in [-0.25, -0.2) is 14.2 Å². The summed E-state index contributed by atoms with van der Waals surface area (Å²) in [6.07, 6.45) is 3.55. The zero-order valence-electron chi connectivity index (χ0n) is 26.9. The summed E-state index contributed by atoms with van der Waals surface area (Å²) in [6, 6.07) is 17.2. The number of pyridine rings is 2. The molecule has 242 valence electrons. The number of nitrogens with zero attached hydrogens (tertiary/aromatic N) is 3. The fourth-order valence-corrected chi connectivity index (χ4v) is 6.22. The first-order chi connectivity index (χ1) is 21.7. The Kier molecular flexibility index (Phi) is 9.05. The average Bonchev–Trinajstić information content (AvgIpc) is 2.99. The predicted octanol–water partition coefficient (Wildman–Crippen LogP) is 7.26. The standard InChI is InChI=1S/C35H42FN7O3/c1-34(2,3)43(33(45)46)28-17-10-9-16-27(28)40-31-25(36)19-24(32(44)42-35(4,5)22-13-7-6-8-14-22)30(41-31)39-23-18-21-12-11-15-26(37)29(21)38-20-23/h6-8,11-15,18-20,27-28H,9-10,16-17,37H2,1-5H3,(H,42,44)(H,45,46)(H2,39,40,41). The Hall–Kier alpha value is -4.93. The van der Waals surface area contributed by atoms with Gasteiger partial charge in [-0.1, -0.05) is 55.3 Å². The van der Waals surface area contributed by atoms with Crippen LogP contribution in [0.15, 0.2) is 66.9 Å². The minimum atomic E-state index is -1.03. The van der Waals surface area contributed by atoms with Crippen molar-refractivity contribution >= 4 is 45.9 Å². The first-order valence-corrected chi connectivity index (χ1v) is 15.5. The van der Waals surface area contributed by atoms with Crippen molar-refractivity contribution in [3.8, 4) is 0 Å². The second-order valence-corrected chi connectivity index (χ2v) is 13.4. The minimum absolute atomic E-state index is 0.00165. The van der Waals surface area contributed by atoms with Crippen LogP contribution < -0.4 is 21.7 Å². The minimum Gasteiger partial charge on any atom is -0.465 e. The van der Waals surface area contributed by atoms with E-state index in [1.807, 2.05) is 83.1 Å². The number of benzene rings is 2. The highest BCUT2D eigenvalue weighted by molar-refractivity contribution is 6.00. The van der Waals surface area contributed by atoms with Gasteiger partial charge in [0.25, 0.3) is 5.91 Å². The van der Waals surface area contributed by atoms with E-state index in [4.69, 9.17) is 5.73 Å². The number of para-hydroxylation sites is 1. The molecule has 0 saturated heterocycles. The quantitative estimate of drug-likeness (QED) is 0.128. The second kappa shape index (κ2) is 12.8. The molecule has 2 amide bonds. The van der Waals surface area contributed by atoms with Crippen molar-refractivity contribution in [2.45, 2.75) is 83.5 Å². The highest BCUT2D eigenvalue weighted by atomic mass is 19.1. The summed E-state index contributed by atoms with van der Waals surface area (Å²) in [5, 5.41) is 20.3. The van der Waals surface area contributed by atoms with E-state index >= 15 is 4.39 Å². The number of fused-ring (bicyclic) bond motifs is 1. The number of carboxylic acid groups (broad SMARTS) is 1. The van der Waals surface area contributed by atoms with Crippen molar-refractivity contribution in [2.75, 3.05) is 16.4 Å². The van der Waals surface area contributed by atoms with Gasteiger partial charge in [0, 0.05) is 17.0 Å². The third-order valence-corrected chi connectivity index (χ3v) is 8.46. The number of nitrogen functional groups attached to an aromatic ring is 1. The van der Waals surface area contributed by atoms with Crippen LogP contribution in [0.5, 0.6) is 0 Å². The van der Waals surface area contributed by atoms with Crippen LogP contribution in [0.3, 0.4) is 0 Å². The van der Waals surface area contributed by atoms with E-state index in [1.165, 1.54) is 4.90 Å². The molecule has 0 radical (unpaired) electrons. The lowest BCUT2D eigenvalue weighted by Gasteiger charge is -2.45. The number of hydrogen-bond donors (Lipinski definition) is 5. The third kappa shape index (κ3) is 6.98. The number of nitrogens with one attached hydrogen (secondary N) is 3. The molecule has 1 saturated carbocycles. The Morgan fingerprint density at radius 2 is 1.70 bits per heavy atom. The summed E-state index contributed by atoms with van der Waals surface area (Å²) in [7, 11) is 0. The summed E-state index contributed by atoms with van der Waals surface area (Å²) in [5.41, 5.74) is 7.24. The van der Waals surface area contributed by atoms with Crippen molar-refractivity contribution in [2.24, 2.45) is 0 Å². The van der Waals surface area contributed by atoms with Gasteiger partial charge in [-0.3, -0.25) is 14.7 Å². The van der Waals surface area contributed by atoms with Crippen molar-refractivity contribution in [3.05, 3.63) is 83.8 Å². The number of halogens is 1. The van der Waals surface area contributed by atoms with Gasteiger partial charge in [0.2, 0.25) is 0 Å². The largest absolute Gasteiger partial charge is 0.465 e. The number of nitrogens with two attached hydrogens (primary N) is 1. The van der Waals surface area contributed by atoms with Crippen LogP contribution in [0.4, 0.5) is 32.2 Å². The van der Waals surface area contributed by atoms with Gasteiger partial charge in [0.05, 0.1) is 40.2 Å². The maximum Gasteiger partial charge on any atom is 0.408 e. The molecule has 4 aromatic rings. The maximum atomic E-state index is 15.9. The molecule has 1 aliphatic rings. The average molecular weight is 628 g/mol. The highest BCUT2D eigenvalue weighted by Crippen LogP contribution is 2.33. The van der Waals surface area contributed by atoms with Gasteiger partial charge in [0.1, 0.15) is 5.82 Å². The van der Waals surface area contributed by atoms with E-state index in [9.17, 15) is 14.7 Å². The molecule has 10 nitrogen and oxygen atoms in total. The number of aromatic nitrogens is 2. The normalized spacial score (nSPS) is 16.9. The third-order valence-electron chi connectivity index (χ3n) is 8.46. The Morgan fingerprint density at radius 3 is 2.39 bits per heavy atom. The van der Waals surface area contributed by atoms with Crippen LogP contribution in [0.1, 0.15) is 76.2 Å². The predicted molar refractivity (Wildman–Crippen MR) is 180 cm³/mol. The molecule has 1 aliphatic carbocycles. The van der Waals surface area contributed by atoms with Crippen molar-refractivity contribution in [3.63, 3.8) is 0 Å². The van der Waals surface area contributed by atoms with E-state index in [-0.39, 0.29) is 23.2 Å². The smallest absolute Gasteiger partial charge is 0.408 e. The Labute approximate surface area is 268 Å². The van der Waals surface area contributed by atoms with E-state index < -0.39 is 34.9 Å². The van der Waals surface area contributed by atoms with Gasteiger partial charge in [-0.15, -0.1) is 0 Å². The van der Waals surface area contributed by atoms with Crippen LogP contribution in [-0.4, -0.2) is 49.6 Å². The van der Waals surface area contributed by atoms with Gasteiger partial charge in [-0.05, 0) is 71.2 Å². The molecule has 2 aromatic heterocycles. The number of anilines is 4. The number of carbonyl (C=O) groups is 2. The lowest BCUT2D eigenvalue weighted by atomic mass is 9.86. The molecule has 1 fully saturated rings. The fraction of sp³-hybridized carbons (Fsp3) is 0.371. The summed E-state index contributed by atoms with van der Waals surface area (Å²) in [4.78, 5) is 36.7. The van der Waals surface area contributed by atoms with Crippen molar-refractivity contribution < 1.29 is 19.1 Å². The SMILES string of the molecule is CC(C)(NC(=O)c1cc(F)c(NC2CCCCC2N(C(=O)O)C(C)(C)C)nc1Nc1cnc2c(N)cccc2c1)c1ccccc1. The molecule has 6 N–H and O–H groups in total. The number of amides is 2. The summed E-state index contributed by atoms with van der Waals surface area (Å²) in [5.74, 6) is -1.20. The Morgan fingerprint density at radius 1 is 0.978 bits per heavy atom. The molecule has 2 heterocycles. The Balaban J connectivity index is 1.53. The summed E-state index contributed by atoms with van der Waals surface area (Å²) < 4.78 is 15.9. The van der Waals surface area contributed by atoms with E-state index in [0.29, 0.717) is 29.7 Å². The van der Waals surface area contributed by atoms with Gasteiger partial charge in [-0.2, -0.15) is 0 Å². The molecular weight excluding hydrogens is 585 g/mol. The molecule has 5 rings (SSSR count). The fourth-order valence-electron chi connectivity index (χ4n) is 6.22. The van der Waals surface area contributed by atoms with E-state index in [1.54, 1.807) is 12.3 Å². The first kappa shape index (κ1) is 32.5. The number of hydrogen-bond acceptors (Lipinski definition) is 7. The number of rotatable bonds is 8. The highest BCUT2D eigenvalue weighted by Gasteiger charge is 2.39. The van der Waals surface area contributed by atoms with Crippen LogP contribution in [-0.2, 0) is 5.54 Å². The second-order valence-electron chi connectivity index (χ2n) is 13.4. The molecular formula is C35H42FN7O3. The maximum absolute atomic E-state index is 15.9. The monoisotopic (exact) mass is 627 g/mol. The summed E-state index contributed by atoms with van der Waals surface area (Å²) in [6.45, 7) is 9.30. The molecule has 0 aliphatic heterocycles. The van der Waals surface area contributed by atoms with Gasteiger partial charge in [0.15, 0.2) is 11.6 Å². The molecule has 2 unspecified atom stereocenters. The Bertz CT molecular complexity index is 1740. The van der Waals surface area contributed by atoms with Crippen molar-refractivity contribution in [1.82, 2.24) is 20.2 Å². The lowest BCUT2D eigenvalue weighted by Crippen LogP contribution is -2.58. The van der Waals surface area contributed by atoms with Gasteiger partial charge >= 0.3 is 6.09 Å². The molecule has 0 bridgehead atoms. The molecule has 2 atom stereocenters. The summed E-state index contributed by atoms with van der Waals surface area (Å²) >= 11 is 0. The van der Waals surface area contributed by atoms with E-state index in [2.05, 4.69) is 25.9 Å². The van der Waals surface area contributed by atoms with Crippen LogP contribution >= 0.6 is 0 Å². The molecule has 46 heavy (non-hydrogen) atoms. The lowest BCUT2D eigenvalue weighted by molar-refractivity contribution is 0.0519. The van der Waals surface area contributed by atoms with Crippen LogP contribution in [0, 0.1) is 5.82 Å². The zero-order chi connectivity index (χ0) is 33.2. The molecule has 0 spiro atoms. The topological polar surface area (TPSA) is 146 Å².